The number of rotatable bonds is 7. The molecule has 0 unspecified atom stereocenters. The number of anilines is 1. The van der Waals surface area contributed by atoms with Gasteiger partial charge in [0.05, 0.1) is 16.8 Å². The number of amides is 2. The number of para-hydroxylation sites is 1. The van der Waals surface area contributed by atoms with Gasteiger partial charge in [-0.1, -0.05) is 32.0 Å². The van der Waals surface area contributed by atoms with Crippen molar-refractivity contribution in [3.05, 3.63) is 64.7 Å². The lowest BCUT2D eigenvalue weighted by Crippen LogP contribution is -2.29. The van der Waals surface area contributed by atoms with E-state index < -0.39 is 18.5 Å². The molecule has 0 bridgehead atoms. The Morgan fingerprint density at radius 3 is 2.59 bits per heavy atom. The summed E-state index contributed by atoms with van der Waals surface area (Å²) >= 11 is 0. The van der Waals surface area contributed by atoms with Gasteiger partial charge in [0.2, 0.25) is 0 Å². The average molecular weight is 394 g/mol. The van der Waals surface area contributed by atoms with E-state index in [-0.39, 0.29) is 5.91 Å². The zero-order valence-electron chi connectivity index (χ0n) is 16.8. The summed E-state index contributed by atoms with van der Waals surface area (Å²) in [6.07, 6.45) is 3.10. The molecular formula is C23H26N2O4. The highest BCUT2D eigenvalue weighted by Gasteiger charge is 2.17. The summed E-state index contributed by atoms with van der Waals surface area (Å²) in [5, 5.41) is 5.48. The number of aryl methyl sites for hydroxylation is 2. The van der Waals surface area contributed by atoms with Crippen LogP contribution in [0.2, 0.25) is 0 Å². The van der Waals surface area contributed by atoms with Crippen LogP contribution in [-0.2, 0) is 22.4 Å². The molecule has 0 saturated heterocycles. The Labute approximate surface area is 170 Å². The molecule has 0 saturated carbocycles. The maximum atomic E-state index is 12.3. The molecule has 0 atom stereocenters. The molecule has 2 amide bonds. The summed E-state index contributed by atoms with van der Waals surface area (Å²) in [6.45, 7) is 4.13. The van der Waals surface area contributed by atoms with Gasteiger partial charge < -0.3 is 15.4 Å². The van der Waals surface area contributed by atoms with Crippen LogP contribution in [0.1, 0.15) is 52.1 Å². The Morgan fingerprint density at radius 1 is 1.03 bits per heavy atom. The zero-order chi connectivity index (χ0) is 20.8. The summed E-state index contributed by atoms with van der Waals surface area (Å²) in [5.74, 6) is -0.967. The molecule has 2 aromatic rings. The van der Waals surface area contributed by atoms with Crippen molar-refractivity contribution in [2.24, 2.45) is 5.92 Å². The number of hydrogen-bond donors (Lipinski definition) is 2. The highest BCUT2D eigenvalue weighted by molar-refractivity contribution is 6.04. The number of fused-ring (bicyclic) bond motifs is 1. The maximum absolute atomic E-state index is 12.3. The van der Waals surface area contributed by atoms with Crippen molar-refractivity contribution in [2.45, 2.75) is 33.1 Å². The second kappa shape index (κ2) is 9.37. The van der Waals surface area contributed by atoms with Crippen molar-refractivity contribution in [1.29, 1.82) is 0 Å². The highest BCUT2D eigenvalue weighted by Crippen LogP contribution is 2.23. The fraction of sp³-hybridized carbons (Fsp3) is 0.348. The standard InChI is InChI=1S/C23H26N2O4/c1-15(2)13-24-22(27)19-8-3-4-9-20(19)25-21(26)14-29-23(28)18-11-10-16-6-5-7-17(16)12-18/h3-4,8-12,15H,5-7,13-14H2,1-2H3,(H,24,27)(H,25,26). The van der Waals surface area contributed by atoms with Crippen LogP contribution < -0.4 is 10.6 Å². The lowest BCUT2D eigenvalue weighted by Gasteiger charge is -2.12. The van der Waals surface area contributed by atoms with E-state index in [1.54, 1.807) is 30.3 Å². The number of nitrogens with one attached hydrogen (secondary N) is 2. The summed E-state index contributed by atoms with van der Waals surface area (Å²) in [5.41, 5.74) is 3.64. The molecule has 29 heavy (non-hydrogen) atoms. The van der Waals surface area contributed by atoms with Crippen molar-refractivity contribution in [1.82, 2.24) is 5.32 Å². The minimum absolute atomic E-state index is 0.260. The Balaban J connectivity index is 1.57. The first kappa shape index (κ1) is 20.6. The molecule has 2 N–H and O–H groups in total. The summed E-state index contributed by atoms with van der Waals surface area (Å²) in [4.78, 5) is 36.9. The SMILES string of the molecule is CC(C)CNC(=O)c1ccccc1NC(=O)COC(=O)c1ccc2c(c1)CCC2. The van der Waals surface area contributed by atoms with E-state index in [1.807, 2.05) is 26.0 Å². The van der Waals surface area contributed by atoms with Crippen molar-refractivity contribution >= 4 is 23.5 Å². The van der Waals surface area contributed by atoms with Crippen LogP contribution in [0.25, 0.3) is 0 Å². The van der Waals surface area contributed by atoms with E-state index in [1.165, 1.54) is 11.1 Å². The van der Waals surface area contributed by atoms with Crippen molar-refractivity contribution in [3.8, 4) is 0 Å². The first-order chi connectivity index (χ1) is 13.9. The second-order valence-corrected chi connectivity index (χ2v) is 7.61. The smallest absolute Gasteiger partial charge is 0.338 e. The molecule has 0 radical (unpaired) electrons. The molecule has 3 rings (SSSR count). The lowest BCUT2D eigenvalue weighted by molar-refractivity contribution is -0.119. The maximum Gasteiger partial charge on any atom is 0.338 e. The van der Waals surface area contributed by atoms with Gasteiger partial charge in [0.1, 0.15) is 0 Å². The second-order valence-electron chi connectivity index (χ2n) is 7.61. The van der Waals surface area contributed by atoms with E-state index in [0.29, 0.717) is 29.3 Å². The van der Waals surface area contributed by atoms with Gasteiger partial charge in [-0.25, -0.2) is 4.79 Å². The molecule has 6 nitrogen and oxygen atoms in total. The number of ether oxygens (including phenoxy) is 1. The molecule has 0 aliphatic heterocycles. The Morgan fingerprint density at radius 2 is 1.79 bits per heavy atom. The summed E-state index contributed by atoms with van der Waals surface area (Å²) < 4.78 is 5.15. The molecule has 2 aromatic carbocycles. The third kappa shape index (κ3) is 5.44. The fourth-order valence-electron chi connectivity index (χ4n) is 3.28. The van der Waals surface area contributed by atoms with E-state index in [4.69, 9.17) is 4.74 Å². The third-order valence-corrected chi connectivity index (χ3v) is 4.79. The molecular weight excluding hydrogens is 368 g/mol. The largest absolute Gasteiger partial charge is 0.452 e. The lowest BCUT2D eigenvalue weighted by atomic mass is 10.1. The molecule has 0 aromatic heterocycles. The number of hydrogen-bond acceptors (Lipinski definition) is 4. The number of carbonyl (C=O) groups excluding carboxylic acids is 3. The molecule has 6 heteroatoms. The van der Waals surface area contributed by atoms with Gasteiger partial charge in [0, 0.05) is 6.54 Å². The third-order valence-electron chi connectivity index (χ3n) is 4.79. The van der Waals surface area contributed by atoms with Gasteiger partial charge in [-0.2, -0.15) is 0 Å². The van der Waals surface area contributed by atoms with Crippen LogP contribution in [0.4, 0.5) is 5.69 Å². The Kier molecular flexibility index (Phi) is 6.65. The Bertz CT molecular complexity index is 921. The fourth-order valence-corrected chi connectivity index (χ4v) is 3.28. The molecule has 0 spiro atoms. The van der Waals surface area contributed by atoms with Crippen LogP contribution in [0.15, 0.2) is 42.5 Å². The van der Waals surface area contributed by atoms with Crippen LogP contribution >= 0.6 is 0 Å². The quantitative estimate of drug-likeness (QED) is 0.706. The minimum atomic E-state index is -0.530. The average Bonchev–Trinajstić information content (AvgIpc) is 3.18. The van der Waals surface area contributed by atoms with Crippen LogP contribution in [0.5, 0.6) is 0 Å². The van der Waals surface area contributed by atoms with Crippen LogP contribution in [0.3, 0.4) is 0 Å². The van der Waals surface area contributed by atoms with Crippen LogP contribution in [0, 0.1) is 5.92 Å². The van der Waals surface area contributed by atoms with Gasteiger partial charge in [-0.15, -0.1) is 0 Å². The predicted octanol–water partition coefficient (Wildman–Crippen LogP) is 3.36. The normalized spacial score (nSPS) is 12.4. The first-order valence-electron chi connectivity index (χ1n) is 9.90. The van der Waals surface area contributed by atoms with E-state index >= 15 is 0 Å². The number of carbonyl (C=O) groups is 3. The van der Waals surface area contributed by atoms with E-state index in [2.05, 4.69) is 10.6 Å². The summed E-state index contributed by atoms with van der Waals surface area (Å²) in [7, 11) is 0. The van der Waals surface area contributed by atoms with Gasteiger partial charge in [-0.05, 0) is 60.6 Å². The minimum Gasteiger partial charge on any atom is -0.452 e. The van der Waals surface area contributed by atoms with Gasteiger partial charge in [0.25, 0.3) is 11.8 Å². The zero-order valence-corrected chi connectivity index (χ0v) is 16.8. The molecule has 1 aliphatic rings. The van der Waals surface area contributed by atoms with Gasteiger partial charge >= 0.3 is 5.97 Å². The number of esters is 1. The van der Waals surface area contributed by atoms with Crippen LogP contribution in [-0.4, -0.2) is 30.9 Å². The molecule has 152 valence electrons. The van der Waals surface area contributed by atoms with Crippen molar-refractivity contribution in [3.63, 3.8) is 0 Å². The Hall–Kier alpha value is -3.15. The van der Waals surface area contributed by atoms with E-state index in [9.17, 15) is 14.4 Å². The monoisotopic (exact) mass is 394 g/mol. The summed E-state index contributed by atoms with van der Waals surface area (Å²) in [6, 6.07) is 12.3. The van der Waals surface area contributed by atoms with Gasteiger partial charge in [-0.3, -0.25) is 9.59 Å². The predicted molar refractivity (Wildman–Crippen MR) is 111 cm³/mol. The van der Waals surface area contributed by atoms with E-state index in [0.717, 1.165) is 19.3 Å². The molecule has 0 fully saturated rings. The van der Waals surface area contributed by atoms with Gasteiger partial charge in [0.15, 0.2) is 6.61 Å². The molecule has 1 aliphatic carbocycles. The van der Waals surface area contributed by atoms with Crippen molar-refractivity contribution < 1.29 is 19.1 Å². The number of benzene rings is 2. The molecule has 0 heterocycles. The topological polar surface area (TPSA) is 84.5 Å². The highest BCUT2D eigenvalue weighted by atomic mass is 16.5. The van der Waals surface area contributed by atoms with Crippen molar-refractivity contribution in [2.75, 3.05) is 18.5 Å². The first-order valence-corrected chi connectivity index (χ1v) is 9.90.